The van der Waals surface area contributed by atoms with Crippen molar-refractivity contribution in [2.24, 2.45) is 10.9 Å². The van der Waals surface area contributed by atoms with Crippen LogP contribution in [-0.4, -0.2) is 62.6 Å². The molecule has 1 saturated heterocycles. The van der Waals surface area contributed by atoms with Crippen LogP contribution < -0.4 is 16.0 Å². The van der Waals surface area contributed by atoms with Gasteiger partial charge in [-0.2, -0.15) is 0 Å². The third-order valence-corrected chi connectivity index (χ3v) is 5.87. The maximum Gasteiger partial charge on any atom is 0.233 e. The second-order valence-corrected chi connectivity index (χ2v) is 8.23. The minimum absolute atomic E-state index is 0. The Bertz CT molecular complexity index is 615. The molecule has 1 aromatic rings. The fourth-order valence-electron chi connectivity index (χ4n) is 3.76. The number of hydrogen-bond donors (Lipinski definition) is 3. The summed E-state index contributed by atoms with van der Waals surface area (Å²) in [6, 6.07) is 4.32. The number of furan rings is 1. The van der Waals surface area contributed by atoms with Gasteiger partial charge in [0.25, 0.3) is 0 Å². The zero-order chi connectivity index (χ0) is 21.6. The summed E-state index contributed by atoms with van der Waals surface area (Å²) in [5.41, 5.74) is 0. The first-order valence-electron chi connectivity index (χ1n) is 11.6. The summed E-state index contributed by atoms with van der Waals surface area (Å²) in [7, 11) is 1.69. The summed E-state index contributed by atoms with van der Waals surface area (Å²) in [6.07, 6.45) is 9.51. The van der Waals surface area contributed by atoms with Crippen LogP contribution in [0.15, 0.2) is 27.8 Å². The fraction of sp³-hybridized carbons (Fsp3) is 0.739. The van der Waals surface area contributed by atoms with E-state index < -0.39 is 0 Å². The predicted molar refractivity (Wildman–Crippen MR) is 138 cm³/mol. The van der Waals surface area contributed by atoms with Crippen LogP contribution >= 0.6 is 24.0 Å². The van der Waals surface area contributed by atoms with Gasteiger partial charge in [-0.15, -0.1) is 24.0 Å². The summed E-state index contributed by atoms with van der Waals surface area (Å²) < 4.78 is 5.44. The zero-order valence-corrected chi connectivity index (χ0v) is 21.8. The van der Waals surface area contributed by atoms with Crippen molar-refractivity contribution in [3.63, 3.8) is 0 Å². The zero-order valence-electron chi connectivity index (χ0n) is 19.5. The van der Waals surface area contributed by atoms with Gasteiger partial charge < -0.3 is 20.4 Å². The molecular formula is C23H42IN5O2. The van der Waals surface area contributed by atoms with Crippen LogP contribution in [0.4, 0.5) is 0 Å². The molecule has 2 heterocycles. The first kappa shape index (κ1) is 27.7. The summed E-state index contributed by atoms with van der Waals surface area (Å²) in [6.45, 7) is 8.51. The molecule has 31 heavy (non-hydrogen) atoms. The number of carbonyl (C=O) groups is 1. The van der Waals surface area contributed by atoms with E-state index >= 15 is 0 Å². The molecule has 8 heteroatoms. The molecule has 1 atom stereocenters. The third-order valence-electron chi connectivity index (χ3n) is 5.87. The van der Waals surface area contributed by atoms with Crippen molar-refractivity contribution >= 4 is 35.8 Å². The molecule has 1 amide bonds. The number of guanidine groups is 1. The van der Waals surface area contributed by atoms with Gasteiger partial charge in [0.05, 0.1) is 12.8 Å². The number of carbonyl (C=O) groups excluding carboxylic acids is 1. The highest BCUT2D eigenvalue weighted by atomic mass is 127. The standard InChI is InChI=1S/C23H41N5O2.HI/c1-4-6-8-19(5-2)17-26-23(25-13-10-21-9-7-16-30-21)27-20-11-14-28(15-12-20)18-22(29)24-3;/h7,9,16,19-20H,4-6,8,10-15,17-18H2,1-3H3,(H,24,29)(H2,25,26,27);1H. The van der Waals surface area contributed by atoms with Crippen molar-refractivity contribution in [2.45, 2.75) is 64.8 Å². The smallest absolute Gasteiger partial charge is 0.233 e. The molecule has 1 fully saturated rings. The number of aliphatic imine (C=N–C) groups is 1. The molecule has 7 nitrogen and oxygen atoms in total. The van der Waals surface area contributed by atoms with Gasteiger partial charge >= 0.3 is 0 Å². The third kappa shape index (κ3) is 11.2. The van der Waals surface area contributed by atoms with Crippen molar-refractivity contribution in [2.75, 3.05) is 39.8 Å². The van der Waals surface area contributed by atoms with Crippen molar-refractivity contribution in [3.05, 3.63) is 24.2 Å². The summed E-state index contributed by atoms with van der Waals surface area (Å²) in [5.74, 6) is 2.61. The van der Waals surface area contributed by atoms with E-state index in [0.29, 0.717) is 18.5 Å². The van der Waals surface area contributed by atoms with E-state index in [0.717, 1.165) is 57.2 Å². The Morgan fingerprint density at radius 3 is 2.71 bits per heavy atom. The van der Waals surface area contributed by atoms with Crippen LogP contribution in [0.1, 0.15) is 58.1 Å². The van der Waals surface area contributed by atoms with Crippen LogP contribution in [0.2, 0.25) is 0 Å². The van der Waals surface area contributed by atoms with E-state index in [1.54, 1.807) is 13.3 Å². The number of rotatable bonds is 12. The van der Waals surface area contributed by atoms with Crippen molar-refractivity contribution in [1.82, 2.24) is 20.9 Å². The van der Waals surface area contributed by atoms with Gasteiger partial charge in [0, 0.05) is 45.7 Å². The van der Waals surface area contributed by atoms with Crippen molar-refractivity contribution in [1.29, 1.82) is 0 Å². The first-order chi connectivity index (χ1) is 14.6. The summed E-state index contributed by atoms with van der Waals surface area (Å²) in [5, 5.41) is 9.84. The molecule has 0 bridgehead atoms. The van der Waals surface area contributed by atoms with Gasteiger partial charge in [0.2, 0.25) is 5.91 Å². The Morgan fingerprint density at radius 1 is 1.32 bits per heavy atom. The maximum absolute atomic E-state index is 11.6. The minimum Gasteiger partial charge on any atom is -0.469 e. The molecule has 1 aliphatic rings. The van der Waals surface area contributed by atoms with Crippen LogP contribution in [0.3, 0.4) is 0 Å². The van der Waals surface area contributed by atoms with E-state index in [2.05, 4.69) is 34.7 Å². The molecule has 0 aliphatic carbocycles. The maximum atomic E-state index is 11.6. The second kappa shape index (κ2) is 16.4. The topological polar surface area (TPSA) is 81.9 Å². The van der Waals surface area contributed by atoms with Crippen LogP contribution in [0, 0.1) is 5.92 Å². The molecule has 0 spiro atoms. The number of likely N-dealkylation sites (N-methyl/N-ethyl adjacent to an activating group) is 1. The molecule has 3 N–H and O–H groups in total. The average molecular weight is 548 g/mol. The second-order valence-electron chi connectivity index (χ2n) is 8.23. The molecule has 0 aromatic carbocycles. The number of nitrogens with zero attached hydrogens (tertiary/aromatic N) is 2. The van der Waals surface area contributed by atoms with Gasteiger partial charge in [-0.1, -0.05) is 33.1 Å². The van der Waals surface area contributed by atoms with E-state index in [1.165, 1.54) is 25.7 Å². The van der Waals surface area contributed by atoms with Crippen molar-refractivity contribution < 1.29 is 9.21 Å². The highest BCUT2D eigenvalue weighted by Gasteiger charge is 2.21. The normalized spacial score (nSPS) is 16.4. The van der Waals surface area contributed by atoms with Gasteiger partial charge in [-0.05, 0) is 37.3 Å². The molecule has 1 unspecified atom stereocenters. The number of likely N-dealkylation sites (tertiary alicyclic amines) is 1. The Hall–Kier alpha value is -1.29. The number of hydrogen-bond acceptors (Lipinski definition) is 4. The fourth-order valence-corrected chi connectivity index (χ4v) is 3.76. The first-order valence-corrected chi connectivity index (χ1v) is 11.6. The SMILES string of the molecule is CCCCC(CC)CN=C(NCCc1ccco1)NC1CCN(CC(=O)NC)CC1.I. The molecule has 0 saturated carbocycles. The van der Waals surface area contributed by atoms with E-state index in [1.807, 2.05) is 12.1 Å². The van der Waals surface area contributed by atoms with E-state index in [4.69, 9.17) is 9.41 Å². The summed E-state index contributed by atoms with van der Waals surface area (Å²) >= 11 is 0. The van der Waals surface area contributed by atoms with Gasteiger partial charge in [0.15, 0.2) is 5.96 Å². The molecular weight excluding hydrogens is 505 g/mol. The van der Waals surface area contributed by atoms with Crippen LogP contribution in [0.5, 0.6) is 0 Å². The molecule has 178 valence electrons. The molecule has 1 aliphatic heterocycles. The monoisotopic (exact) mass is 547 g/mol. The quantitative estimate of drug-likeness (QED) is 0.212. The van der Waals surface area contributed by atoms with Gasteiger partial charge in [-0.3, -0.25) is 14.7 Å². The number of halogens is 1. The molecule has 0 radical (unpaired) electrons. The van der Waals surface area contributed by atoms with Gasteiger partial charge in [-0.25, -0.2) is 0 Å². The lowest BCUT2D eigenvalue weighted by Crippen LogP contribution is -2.50. The highest BCUT2D eigenvalue weighted by Crippen LogP contribution is 2.13. The predicted octanol–water partition coefficient (Wildman–Crippen LogP) is 3.40. The lowest BCUT2D eigenvalue weighted by molar-refractivity contribution is -0.122. The Morgan fingerprint density at radius 2 is 2.10 bits per heavy atom. The number of amides is 1. The minimum atomic E-state index is 0. The van der Waals surface area contributed by atoms with Crippen LogP contribution in [0.25, 0.3) is 0 Å². The highest BCUT2D eigenvalue weighted by molar-refractivity contribution is 14.0. The Balaban J connectivity index is 0.00000480. The average Bonchev–Trinajstić information content (AvgIpc) is 3.28. The largest absolute Gasteiger partial charge is 0.469 e. The summed E-state index contributed by atoms with van der Waals surface area (Å²) in [4.78, 5) is 18.7. The Labute approximate surface area is 205 Å². The van der Waals surface area contributed by atoms with Crippen LogP contribution in [-0.2, 0) is 11.2 Å². The molecule has 2 rings (SSSR count). The number of nitrogens with one attached hydrogen (secondary N) is 3. The number of piperidine rings is 1. The van der Waals surface area contributed by atoms with E-state index in [-0.39, 0.29) is 29.9 Å². The van der Waals surface area contributed by atoms with Gasteiger partial charge in [0.1, 0.15) is 5.76 Å². The lowest BCUT2D eigenvalue weighted by atomic mass is 10.00. The number of unbranched alkanes of at least 4 members (excludes halogenated alkanes) is 1. The van der Waals surface area contributed by atoms with E-state index in [9.17, 15) is 4.79 Å². The lowest BCUT2D eigenvalue weighted by Gasteiger charge is -2.32. The molecule has 1 aromatic heterocycles. The Kier molecular flexibility index (Phi) is 14.6. The van der Waals surface area contributed by atoms with Crippen molar-refractivity contribution in [3.8, 4) is 0 Å².